The Morgan fingerprint density at radius 1 is 0.913 bits per heavy atom. The third-order valence-corrected chi connectivity index (χ3v) is 4.68. The van der Waals surface area contributed by atoms with Crippen LogP contribution in [0.2, 0.25) is 0 Å². The summed E-state index contributed by atoms with van der Waals surface area (Å²) in [5.74, 6) is 0.323. The first-order chi connectivity index (χ1) is 10.6. The smallest absolute Gasteiger partial charge is 0.00612 e. The molecule has 0 N–H and O–H groups in total. The average Bonchev–Trinajstić information content (AvgIpc) is 2.44. The minimum absolute atomic E-state index is 0.156. The molecule has 0 heteroatoms. The minimum atomic E-state index is 0.156. The van der Waals surface area contributed by atoms with Gasteiger partial charge < -0.3 is 0 Å². The van der Waals surface area contributed by atoms with Crippen LogP contribution in [0.15, 0.2) is 43.0 Å². The first-order valence-electron chi connectivity index (χ1n) is 8.48. The summed E-state index contributed by atoms with van der Waals surface area (Å²) in [7, 11) is 0. The fraction of sp³-hybridized carbons (Fsp3) is 0.391. The van der Waals surface area contributed by atoms with E-state index in [4.69, 9.17) is 0 Å². The third-order valence-electron chi connectivity index (χ3n) is 4.68. The molecule has 0 heterocycles. The molecule has 0 aliphatic carbocycles. The quantitative estimate of drug-likeness (QED) is 0.590. The molecule has 0 amide bonds. The maximum atomic E-state index is 4.41. The molecule has 0 aliphatic rings. The van der Waals surface area contributed by atoms with Gasteiger partial charge in [0.15, 0.2) is 0 Å². The highest BCUT2D eigenvalue weighted by atomic mass is 14.2. The summed E-state index contributed by atoms with van der Waals surface area (Å²) >= 11 is 0. The molecule has 0 fully saturated rings. The summed E-state index contributed by atoms with van der Waals surface area (Å²) in [6.45, 7) is 20.0. The number of aryl methyl sites for hydroxylation is 3. The molecule has 1 atom stereocenters. The van der Waals surface area contributed by atoms with E-state index in [1.165, 1.54) is 39.0 Å². The molecule has 0 saturated heterocycles. The van der Waals surface area contributed by atoms with Crippen molar-refractivity contribution in [3.8, 4) is 0 Å². The Bertz CT molecular complexity index is 706. The van der Waals surface area contributed by atoms with Crippen LogP contribution in [-0.2, 0) is 5.41 Å². The molecular weight excluding hydrogens is 276 g/mol. The Hall–Kier alpha value is -1.82. The van der Waals surface area contributed by atoms with Crippen molar-refractivity contribution in [1.82, 2.24) is 0 Å². The van der Waals surface area contributed by atoms with Crippen LogP contribution in [0.5, 0.6) is 0 Å². The topological polar surface area (TPSA) is 0 Å². The maximum Gasteiger partial charge on any atom is 0.00612 e. The SMILES string of the molecule is C=C(c1ccc(C)c(C(C)(C)C)c1)C(C)c1cc(C)cc(C)c1. The summed E-state index contributed by atoms with van der Waals surface area (Å²) < 4.78 is 0. The van der Waals surface area contributed by atoms with Crippen LogP contribution < -0.4 is 0 Å². The molecule has 23 heavy (non-hydrogen) atoms. The summed E-state index contributed by atoms with van der Waals surface area (Å²) in [6, 6.07) is 13.6. The predicted octanol–water partition coefficient (Wildman–Crippen LogP) is 6.73. The van der Waals surface area contributed by atoms with Gasteiger partial charge in [-0.2, -0.15) is 0 Å². The van der Waals surface area contributed by atoms with Gasteiger partial charge in [0.25, 0.3) is 0 Å². The van der Waals surface area contributed by atoms with Crippen LogP contribution in [-0.4, -0.2) is 0 Å². The molecule has 0 saturated carbocycles. The molecular formula is C23H30. The van der Waals surface area contributed by atoms with Crippen molar-refractivity contribution in [2.75, 3.05) is 0 Å². The Balaban J connectivity index is 2.40. The van der Waals surface area contributed by atoms with Crippen molar-refractivity contribution in [2.24, 2.45) is 0 Å². The predicted molar refractivity (Wildman–Crippen MR) is 103 cm³/mol. The second kappa shape index (κ2) is 6.35. The van der Waals surface area contributed by atoms with E-state index in [-0.39, 0.29) is 5.41 Å². The fourth-order valence-electron chi connectivity index (χ4n) is 3.34. The van der Waals surface area contributed by atoms with Gasteiger partial charge in [-0.3, -0.25) is 0 Å². The monoisotopic (exact) mass is 306 g/mol. The molecule has 1 unspecified atom stereocenters. The van der Waals surface area contributed by atoms with Crippen molar-refractivity contribution < 1.29 is 0 Å². The molecule has 0 nitrogen and oxygen atoms in total. The highest BCUT2D eigenvalue weighted by molar-refractivity contribution is 5.70. The van der Waals surface area contributed by atoms with Crippen molar-refractivity contribution in [3.05, 3.63) is 76.4 Å². The van der Waals surface area contributed by atoms with Gasteiger partial charge in [-0.05, 0) is 54.0 Å². The lowest BCUT2D eigenvalue weighted by atomic mass is 9.80. The molecule has 2 aromatic rings. The normalized spacial score (nSPS) is 13.0. The zero-order valence-corrected chi connectivity index (χ0v) is 15.7. The van der Waals surface area contributed by atoms with E-state index >= 15 is 0 Å². The summed E-state index contributed by atoms with van der Waals surface area (Å²) in [4.78, 5) is 0. The second-order valence-corrected chi connectivity index (χ2v) is 7.95. The van der Waals surface area contributed by atoms with Crippen LogP contribution in [0.4, 0.5) is 0 Å². The fourth-order valence-corrected chi connectivity index (χ4v) is 3.34. The molecule has 0 radical (unpaired) electrons. The second-order valence-electron chi connectivity index (χ2n) is 7.95. The lowest BCUT2D eigenvalue weighted by molar-refractivity contribution is 0.586. The Morgan fingerprint density at radius 3 is 2.00 bits per heavy atom. The Morgan fingerprint density at radius 2 is 1.48 bits per heavy atom. The van der Waals surface area contributed by atoms with Gasteiger partial charge in [0.2, 0.25) is 0 Å². The van der Waals surface area contributed by atoms with Gasteiger partial charge in [-0.15, -0.1) is 0 Å². The summed E-state index contributed by atoms with van der Waals surface area (Å²) in [5.41, 5.74) is 9.36. The first kappa shape index (κ1) is 17.5. The molecule has 2 rings (SSSR count). The van der Waals surface area contributed by atoms with Crippen LogP contribution >= 0.6 is 0 Å². The molecule has 0 aromatic heterocycles. The lowest BCUT2D eigenvalue weighted by Crippen LogP contribution is -2.13. The minimum Gasteiger partial charge on any atom is -0.0946 e. The summed E-state index contributed by atoms with van der Waals surface area (Å²) in [5, 5.41) is 0. The Kier molecular flexibility index (Phi) is 4.84. The maximum absolute atomic E-state index is 4.41. The van der Waals surface area contributed by atoms with Crippen molar-refractivity contribution in [3.63, 3.8) is 0 Å². The van der Waals surface area contributed by atoms with Crippen LogP contribution in [0.3, 0.4) is 0 Å². The molecule has 0 spiro atoms. The van der Waals surface area contributed by atoms with Gasteiger partial charge in [0.05, 0.1) is 0 Å². The lowest BCUT2D eigenvalue weighted by Gasteiger charge is -2.24. The van der Waals surface area contributed by atoms with E-state index in [1.54, 1.807) is 0 Å². The van der Waals surface area contributed by atoms with E-state index in [9.17, 15) is 0 Å². The molecule has 2 aromatic carbocycles. The third kappa shape index (κ3) is 3.93. The number of hydrogen-bond acceptors (Lipinski definition) is 0. The average molecular weight is 306 g/mol. The summed E-state index contributed by atoms with van der Waals surface area (Å²) in [6.07, 6.45) is 0. The van der Waals surface area contributed by atoms with E-state index in [0.717, 1.165) is 0 Å². The van der Waals surface area contributed by atoms with Crippen LogP contribution in [0.1, 0.15) is 67.0 Å². The van der Waals surface area contributed by atoms with E-state index in [2.05, 4.69) is 91.4 Å². The van der Waals surface area contributed by atoms with Gasteiger partial charge >= 0.3 is 0 Å². The zero-order valence-electron chi connectivity index (χ0n) is 15.7. The molecule has 122 valence electrons. The van der Waals surface area contributed by atoms with Gasteiger partial charge in [-0.25, -0.2) is 0 Å². The van der Waals surface area contributed by atoms with Crippen molar-refractivity contribution >= 4 is 5.57 Å². The number of rotatable bonds is 3. The van der Waals surface area contributed by atoms with Crippen molar-refractivity contribution in [1.29, 1.82) is 0 Å². The largest absolute Gasteiger partial charge is 0.0946 e. The number of allylic oxidation sites excluding steroid dienone is 1. The number of benzene rings is 2. The highest BCUT2D eigenvalue weighted by Crippen LogP contribution is 2.34. The van der Waals surface area contributed by atoms with E-state index < -0.39 is 0 Å². The Labute approximate surface area is 142 Å². The number of hydrogen-bond donors (Lipinski definition) is 0. The van der Waals surface area contributed by atoms with Crippen LogP contribution in [0.25, 0.3) is 5.57 Å². The van der Waals surface area contributed by atoms with E-state index in [0.29, 0.717) is 5.92 Å². The van der Waals surface area contributed by atoms with Gasteiger partial charge in [0.1, 0.15) is 0 Å². The standard InChI is InChI=1S/C23H30/c1-15-11-16(2)13-21(12-15)19(5)18(4)20-10-9-17(3)22(14-20)23(6,7)8/h9-14,19H,4H2,1-3,5-8H3. The zero-order chi connectivity index (χ0) is 17.4. The van der Waals surface area contributed by atoms with E-state index in [1.807, 2.05) is 0 Å². The van der Waals surface area contributed by atoms with Crippen molar-refractivity contribution in [2.45, 2.75) is 59.8 Å². The molecule has 0 bridgehead atoms. The highest BCUT2D eigenvalue weighted by Gasteiger charge is 2.19. The van der Waals surface area contributed by atoms with Crippen LogP contribution in [0, 0.1) is 20.8 Å². The molecule has 0 aliphatic heterocycles. The first-order valence-corrected chi connectivity index (χ1v) is 8.48. The van der Waals surface area contributed by atoms with Gasteiger partial charge in [0, 0.05) is 5.92 Å². The van der Waals surface area contributed by atoms with Gasteiger partial charge in [-0.1, -0.05) is 81.8 Å².